The first-order valence-electron chi connectivity index (χ1n) is 6.28. The van der Waals surface area contributed by atoms with E-state index in [9.17, 15) is 4.79 Å². The number of hydrogen-bond donors (Lipinski definition) is 0. The average molecular weight is 315 g/mol. The molecule has 0 rings (SSSR count). The standard InChI is InChI=1S/C14H28NO.Y/c1-9(2)12(7)13(14(16)10(3)4)15(8)11(5)6;/h9-13H,1H2,2-8H3;/q-1;/t9-,12+,13?;/m0./s1. The van der Waals surface area contributed by atoms with Gasteiger partial charge < -0.3 is 6.92 Å². The minimum Gasteiger partial charge on any atom is -0.340 e. The van der Waals surface area contributed by atoms with Crippen LogP contribution in [0.5, 0.6) is 0 Å². The number of carbonyl (C=O) groups excluding carboxylic acids is 1. The van der Waals surface area contributed by atoms with Gasteiger partial charge in [-0.05, 0) is 26.8 Å². The summed E-state index contributed by atoms with van der Waals surface area (Å²) in [6.45, 7) is 16.5. The Bertz CT molecular complexity index is 212. The topological polar surface area (TPSA) is 20.3 Å². The number of Topliss-reactive ketones (excluding diaryl/α,β-unsaturated/α-hetero) is 1. The van der Waals surface area contributed by atoms with Crippen molar-refractivity contribution in [1.29, 1.82) is 0 Å². The normalized spacial score (nSPS) is 16.9. The second-order valence-corrected chi connectivity index (χ2v) is 5.60. The van der Waals surface area contributed by atoms with Crippen molar-refractivity contribution < 1.29 is 37.5 Å². The molecule has 3 atom stereocenters. The quantitative estimate of drug-likeness (QED) is 0.702. The van der Waals surface area contributed by atoms with Gasteiger partial charge in [-0.1, -0.05) is 27.7 Å². The molecule has 0 bridgehead atoms. The van der Waals surface area contributed by atoms with E-state index in [1.807, 2.05) is 20.9 Å². The summed E-state index contributed by atoms with van der Waals surface area (Å²) in [5, 5.41) is 0. The van der Waals surface area contributed by atoms with Crippen LogP contribution in [0.15, 0.2) is 0 Å². The molecule has 0 saturated carbocycles. The molecule has 0 heterocycles. The molecule has 0 aliphatic rings. The van der Waals surface area contributed by atoms with E-state index in [4.69, 9.17) is 0 Å². The van der Waals surface area contributed by atoms with E-state index in [2.05, 4.69) is 39.5 Å². The first kappa shape index (κ1) is 20.1. The van der Waals surface area contributed by atoms with E-state index < -0.39 is 0 Å². The van der Waals surface area contributed by atoms with E-state index in [-0.39, 0.29) is 50.6 Å². The molecule has 0 saturated heterocycles. The molecule has 99 valence electrons. The zero-order chi connectivity index (χ0) is 13.0. The molecule has 0 spiro atoms. The van der Waals surface area contributed by atoms with Crippen LogP contribution in [0.4, 0.5) is 0 Å². The third-order valence-electron chi connectivity index (χ3n) is 3.51. The van der Waals surface area contributed by atoms with Gasteiger partial charge in [0.15, 0.2) is 5.78 Å². The SMILES string of the molecule is [CH2-][C@@H](C)[C@@H](C)C(C(=O)C(C)C)N(C)C(C)C.[Y]. The molecule has 0 aliphatic heterocycles. The van der Waals surface area contributed by atoms with E-state index in [0.717, 1.165) is 0 Å². The van der Waals surface area contributed by atoms with E-state index in [1.54, 1.807) is 0 Å². The largest absolute Gasteiger partial charge is 0.340 e. The molecule has 0 aliphatic carbocycles. The van der Waals surface area contributed by atoms with Crippen molar-refractivity contribution in [3.8, 4) is 0 Å². The molecule has 1 radical (unpaired) electrons. The minimum absolute atomic E-state index is 0. The van der Waals surface area contributed by atoms with Crippen LogP contribution in [0, 0.1) is 24.7 Å². The zero-order valence-corrected chi connectivity index (χ0v) is 15.4. The number of carbonyl (C=O) groups is 1. The Hall–Kier alpha value is 0.734. The van der Waals surface area contributed by atoms with Crippen LogP contribution < -0.4 is 0 Å². The fourth-order valence-corrected chi connectivity index (χ4v) is 1.80. The van der Waals surface area contributed by atoms with Gasteiger partial charge in [-0.2, -0.15) is 5.92 Å². The molecule has 0 fully saturated rings. The van der Waals surface area contributed by atoms with Gasteiger partial charge in [0, 0.05) is 44.7 Å². The Balaban J connectivity index is 0. The van der Waals surface area contributed by atoms with Gasteiger partial charge in [-0.3, -0.25) is 9.69 Å². The van der Waals surface area contributed by atoms with Gasteiger partial charge in [-0.25, -0.2) is 0 Å². The summed E-state index contributed by atoms with van der Waals surface area (Å²) in [4.78, 5) is 14.4. The van der Waals surface area contributed by atoms with Crippen LogP contribution >= 0.6 is 0 Å². The van der Waals surface area contributed by atoms with Crippen LogP contribution in [0.25, 0.3) is 0 Å². The Morgan fingerprint density at radius 1 is 1.06 bits per heavy atom. The molecule has 0 aromatic carbocycles. The van der Waals surface area contributed by atoms with Crippen molar-refractivity contribution in [3.05, 3.63) is 6.92 Å². The van der Waals surface area contributed by atoms with Gasteiger partial charge in [0.05, 0.1) is 6.04 Å². The Kier molecular flexibility index (Phi) is 10.3. The molecule has 0 N–H and O–H groups in total. The molecular weight excluding hydrogens is 287 g/mol. The van der Waals surface area contributed by atoms with E-state index >= 15 is 0 Å². The summed E-state index contributed by atoms with van der Waals surface area (Å²) in [5.74, 6) is 1.00. The third-order valence-corrected chi connectivity index (χ3v) is 3.51. The number of hydrogen-bond acceptors (Lipinski definition) is 2. The van der Waals surface area contributed by atoms with Crippen molar-refractivity contribution in [2.24, 2.45) is 17.8 Å². The van der Waals surface area contributed by atoms with Crippen LogP contribution in [-0.2, 0) is 37.5 Å². The number of rotatable bonds is 6. The molecule has 2 nitrogen and oxygen atoms in total. The second kappa shape index (κ2) is 8.77. The Morgan fingerprint density at radius 2 is 1.47 bits per heavy atom. The van der Waals surface area contributed by atoms with Gasteiger partial charge in [0.1, 0.15) is 0 Å². The predicted octanol–water partition coefficient (Wildman–Crippen LogP) is 3.02. The maximum absolute atomic E-state index is 12.3. The number of likely N-dealkylation sites (N-methyl/N-ethyl adjacent to an activating group) is 1. The van der Waals surface area contributed by atoms with Crippen LogP contribution in [0.1, 0.15) is 41.5 Å². The van der Waals surface area contributed by atoms with Crippen molar-refractivity contribution in [1.82, 2.24) is 4.90 Å². The Labute approximate surface area is 133 Å². The monoisotopic (exact) mass is 315 g/mol. The molecule has 17 heavy (non-hydrogen) atoms. The van der Waals surface area contributed by atoms with Gasteiger partial charge in [-0.15, -0.1) is 0 Å². The molecule has 1 unspecified atom stereocenters. The average Bonchev–Trinajstić information content (AvgIpc) is 2.16. The first-order chi connectivity index (χ1) is 7.20. The van der Waals surface area contributed by atoms with Crippen molar-refractivity contribution in [2.45, 2.75) is 53.6 Å². The minimum atomic E-state index is -0.00694. The van der Waals surface area contributed by atoms with Crippen LogP contribution in [0.2, 0.25) is 0 Å². The number of ketones is 1. The van der Waals surface area contributed by atoms with Gasteiger partial charge in [0.25, 0.3) is 0 Å². The second-order valence-electron chi connectivity index (χ2n) is 5.60. The number of nitrogens with zero attached hydrogens (tertiary/aromatic N) is 1. The van der Waals surface area contributed by atoms with Crippen molar-refractivity contribution in [2.75, 3.05) is 7.05 Å². The van der Waals surface area contributed by atoms with Gasteiger partial charge >= 0.3 is 0 Å². The van der Waals surface area contributed by atoms with Crippen LogP contribution in [-0.4, -0.2) is 29.8 Å². The van der Waals surface area contributed by atoms with Crippen LogP contribution in [0.3, 0.4) is 0 Å². The third kappa shape index (κ3) is 5.94. The predicted molar refractivity (Wildman–Crippen MR) is 70.2 cm³/mol. The maximum atomic E-state index is 12.3. The Morgan fingerprint density at radius 3 is 1.71 bits per heavy atom. The summed E-state index contributed by atoms with van der Waals surface area (Å²) in [5.41, 5.74) is 0. The maximum Gasteiger partial charge on any atom is 0.152 e. The van der Waals surface area contributed by atoms with E-state index in [1.165, 1.54) is 0 Å². The summed E-state index contributed by atoms with van der Waals surface area (Å²) in [6, 6.07) is 0.376. The first-order valence-corrected chi connectivity index (χ1v) is 6.28. The van der Waals surface area contributed by atoms with E-state index in [0.29, 0.717) is 17.7 Å². The fourth-order valence-electron chi connectivity index (χ4n) is 1.80. The summed E-state index contributed by atoms with van der Waals surface area (Å²) in [7, 11) is 2.04. The summed E-state index contributed by atoms with van der Waals surface area (Å²) in [6.07, 6.45) is 0. The molecule has 3 heteroatoms. The summed E-state index contributed by atoms with van der Waals surface area (Å²) < 4.78 is 0. The fraction of sp³-hybridized carbons (Fsp3) is 0.857. The van der Waals surface area contributed by atoms with Crippen molar-refractivity contribution in [3.63, 3.8) is 0 Å². The smallest absolute Gasteiger partial charge is 0.152 e. The molecule has 0 aromatic rings. The zero-order valence-electron chi connectivity index (χ0n) is 12.5. The molecule has 0 aromatic heterocycles. The molecule has 0 amide bonds. The van der Waals surface area contributed by atoms with Gasteiger partial charge in [0.2, 0.25) is 0 Å². The van der Waals surface area contributed by atoms with Crippen molar-refractivity contribution >= 4 is 5.78 Å². The summed E-state index contributed by atoms with van der Waals surface area (Å²) >= 11 is 0. The molecular formula is C14H28NOY-.